The van der Waals surface area contributed by atoms with Gasteiger partial charge in [-0.25, -0.2) is 4.79 Å². The van der Waals surface area contributed by atoms with E-state index in [4.69, 9.17) is 9.26 Å². The van der Waals surface area contributed by atoms with Crippen LogP contribution >= 0.6 is 0 Å². The molecule has 2 amide bonds. The van der Waals surface area contributed by atoms with E-state index in [2.05, 4.69) is 29.2 Å². The van der Waals surface area contributed by atoms with E-state index < -0.39 is 0 Å². The van der Waals surface area contributed by atoms with Crippen molar-refractivity contribution in [1.29, 1.82) is 0 Å². The first-order valence-electron chi connectivity index (χ1n) is 8.62. The van der Waals surface area contributed by atoms with E-state index in [-0.39, 0.29) is 6.03 Å². The quantitative estimate of drug-likeness (QED) is 0.856. The number of aryl methyl sites for hydroxylation is 2. The zero-order valence-electron chi connectivity index (χ0n) is 15.5. The molecule has 0 radical (unpaired) electrons. The first-order valence-corrected chi connectivity index (χ1v) is 8.62. The zero-order chi connectivity index (χ0) is 17.7. The fraction of sp³-hybridized carbons (Fsp3) is 0.765. The Hall–Kier alpha value is -1.60. The lowest BCUT2D eigenvalue weighted by atomic mass is 10.0. The van der Waals surface area contributed by atoms with Gasteiger partial charge in [0, 0.05) is 38.3 Å². The van der Waals surface area contributed by atoms with E-state index in [0.29, 0.717) is 25.0 Å². The summed E-state index contributed by atoms with van der Waals surface area (Å²) >= 11 is 0. The van der Waals surface area contributed by atoms with Crippen molar-refractivity contribution in [2.45, 2.75) is 40.3 Å². The van der Waals surface area contributed by atoms with Crippen molar-refractivity contribution in [1.82, 2.24) is 20.3 Å². The molecule has 1 N–H and O–H groups in total. The molecule has 24 heavy (non-hydrogen) atoms. The molecule has 2 rings (SSSR count). The van der Waals surface area contributed by atoms with Gasteiger partial charge in [0.25, 0.3) is 0 Å². The summed E-state index contributed by atoms with van der Waals surface area (Å²) in [6, 6.07) is 0.249. The van der Waals surface area contributed by atoms with Crippen molar-refractivity contribution >= 4 is 6.03 Å². The lowest BCUT2D eigenvalue weighted by molar-refractivity contribution is 0.00697. The number of nitrogens with one attached hydrogen (secondary N) is 1. The van der Waals surface area contributed by atoms with E-state index in [0.717, 1.165) is 43.3 Å². The van der Waals surface area contributed by atoms with Crippen molar-refractivity contribution in [2.75, 3.05) is 39.9 Å². The molecule has 0 aromatic carbocycles. The highest BCUT2D eigenvalue weighted by Gasteiger charge is 2.25. The molecule has 0 bridgehead atoms. The van der Waals surface area contributed by atoms with Crippen molar-refractivity contribution < 1.29 is 14.1 Å². The molecule has 0 saturated carbocycles. The SMILES string of the molecule is Cc1noc(C)c1CN(C)C(=O)NCC(C(C)C)N1CCOCC1. The Morgan fingerprint density at radius 2 is 2.00 bits per heavy atom. The standard InChI is InChI=1S/C17H30N4O3/c1-12(2)16(21-6-8-23-9-7-21)10-18-17(22)20(5)11-15-13(3)19-24-14(15)4/h12,16H,6-11H2,1-5H3,(H,18,22). The number of rotatable bonds is 6. The summed E-state index contributed by atoms with van der Waals surface area (Å²) in [5.74, 6) is 1.23. The van der Waals surface area contributed by atoms with Gasteiger partial charge < -0.3 is 19.5 Å². The number of morpholine rings is 1. The number of ether oxygens (including phenoxy) is 1. The highest BCUT2D eigenvalue weighted by atomic mass is 16.5. The zero-order valence-corrected chi connectivity index (χ0v) is 15.5. The fourth-order valence-corrected chi connectivity index (χ4v) is 3.06. The first-order chi connectivity index (χ1) is 11.4. The molecule has 1 aromatic rings. The number of nitrogens with zero attached hydrogens (tertiary/aromatic N) is 3. The minimum Gasteiger partial charge on any atom is -0.379 e. The van der Waals surface area contributed by atoms with Crippen LogP contribution < -0.4 is 5.32 Å². The normalized spacial score (nSPS) is 17.1. The molecule has 1 aliphatic rings. The van der Waals surface area contributed by atoms with Gasteiger partial charge in [-0.05, 0) is 19.8 Å². The molecule has 1 fully saturated rings. The molecule has 1 saturated heterocycles. The van der Waals surface area contributed by atoms with Crippen molar-refractivity contribution in [2.24, 2.45) is 5.92 Å². The van der Waals surface area contributed by atoms with E-state index >= 15 is 0 Å². The second-order valence-electron chi connectivity index (χ2n) is 6.80. The van der Waals surface area contributed by atoms with Gasteiger partial charge in [0.05, 0.1) is 25.5 Å². The van der Waals surface area contributed by atoms with Gasteiger partial charge in [0.15, 0.2) is 0 Å². The number of urea groups is 1. The third-order valence-electron chi connectivity index (χ3n) is 4.67. The molecule has 1 unspecified atom stereocenters. The number of amides is 2. The number of hydrogen-bond acceptors (Lipinski definition) is 5. The minimum absolute atomic E-state index is 0.0751. The van der Waals surface area contributed by atoms with Gasteiger partial charge >= 0.3 is 6.03 Å². The number of aromatic nitrogens is 1. The Bertz CT molecular complexity index is 518. The van der Waals surface area contributed by atoms with Crippen molar-refractivity contribution in [3.63, 3.8) is 0 Å². The van der Waals surface area contributed by atoms with Crippen LogP contribution in [-0.2, 0) is 11.3 Å². The summed E-state index contributed by atoms with van der Waals surface area (Å²) in [7, 11) is 1.79. The first kappa shape index (κ1) is 18.7. The van der Waals surface area contributed by atoms with E-state index in [9.17, 15) is 4.79 Å². The maximum Gasteiger partial charge on any atom is 0.317 e. The third-order valence-corrected chi connectivity index (χ3v) is 4.67. The van der Waals surface area contributed by atoms with Crippen LogP contribution in [0.1, 0.15) is 30.9 Å². The monoisotopic (exact) mass is 338 g/mol. The predicted octanol–water partition coefficient (Wildman–Crippen LogP) is 1.79. The smallest absolute Gasteiger partial charge is 0.317 e. The van der Waals surface area contributed by atoms with Crippen LogP contribution in [0.5, 0.6) is 0 Å². The topological polar surface area (TPSA) is 70.8 Å². The van der Waals surface area contributed by atoms with E-state index in [1.165, 1.54) is 0 Å². The van der Waals surface area contributed by atoms with Crippen LogP contribution in [0.15, 0.2) is 4.52 Å². The maximum absolute atomic E-state index is 12.4. The molecule has 2 heterocycles. The molecule has 136 valence electrons. The summed E-state index contributed by atoms with van der Waals surface area (Å²) in [6.45, 7) is 12.7. The highest BCUT2D eigenvalue weighted by Crippen LogP contribution is 2.15. The van der Waals surface area contributed by atoms with Crippen LogP contribution in [0.2, 0.25) is 0 Å². The Kier molecular flexibility index (Phi) is 6.62. The predicted molar refractivity (Wildman–Crippen MR) is 91.9 cm³/mol. The van der Waals surface area contributed by atoms with Crippen LogP contribution in [0.25, 0.3) is 0 Å². The molecule has 1 aliphatic heterocycles. The average Bonchev–Trinajstić information content (AvgIpc) is 2.87. The molecule has 1 aromatic heterocycles. The van der Waals surface area contributed by atoms with Gasteiger partial charge in [0.2, 0.25) is 0 Å². The molecule has 1 atom stereocenters. The Labute approximate surface area is 144 Å². The van der Waals surface area contributed by atoms with Crippen LogP contribution in [-0.4, -0.2) is 66.9 Å². The molecule has 7 nitrogen and oxygen atoms in total. The Morgan fingerprint density at radius 3 is 2.54 bits per heavy atom. The fourth-order valence-electron chi connectivity index (χ4n) is 3.06. The molecule has 0 spiro atoms. The van der Waals surface area contributed by atoms with Gasteiger partial charge in [-0.15, -0.1) is 0 Å². The van der Waals surface area contributed by atoms with Gasteiger partial charge in [-0.2, -0.15) is 0 Å². The van der Waals surface area contributed by atoms with Crippen molar-refractivity contribution in [3.05, 3.63) is 17.0 Å². The maximum atomic E-state index is 12.4. The van der Waals surface area contributed by atoms with Gasteiger partial charge in [0.1, 0.15) is 5.76 Å². The van der Waals surface area contributed by atoms with E-state index in [1.807, 2.05) is 13.8 Å². The summed E-state index contributed by atoms with van der Waals surface area (Å²) in [5.41, 5.74) is 1.81. The number of carbonyl (C=O) groups is 1. The van der Waals surface area contributed by atoms with Gasteiger partial charge in [-0.3, -0.25) is 4.90 Å². The number of hydrogen-bond donors (Lipinski definition) is 1. The second kappa shape index (κ2) is 8.48. The molecular formula is C17H30N4O3. The summed E-state index contributed by atoms with van der Waals surface area (Å²) in [6.07, 6.45) is 0. The average molecular weight is 338 g/mol. The van der Waals surface area contributed by atoms with Crippen LogP contribution in [0, 0.1) is 19.8 Å². The second-order valence-corrected chi connectivity index (χ2v) is 6.80. The Balaban J connectivity index is 1.88. The summed E-state index contributed by atoms with van der Waals surface area (Å²) in [5, 5.41) is 7.00. The van der Waals surface area contributed by atoms with Crippen molar-refractivity contribution in [3.8, 4) is 0 Å². The molecular weight excluding hydrogens is 308 g/mol. The van der Waals surface area contributed by atoms with Crippen LogP contribution in [0.3, 0.4) is 0 Å². The van der Waals surface area contributed by atoms with E-state index in [1.54, 1.807) is 11.9 Å². The summed E-state index contributed by atoms with van der Waals surface area (Å²) in [4.78, 5) is 16.5. The lowest BCUT2D eigenvalue weighted by Gasteiger charge is -2.37. The lowest BCUT2D eigenvalue weighted by Crippen LogP contribution is -2.52. The third kappa shape index (κ3) is 4.70. The number of carbonyl (C=O) groups excluding carboxylic acids is 1. The Morgan fingerprint density at radius 1 is 1.33 bits per heavy atom. The summed E-state index contributed by atoms with van der Waals surface area (Å²) < 4.78 is 10.6. The molecule has 0 aliphatic carbocycles. The highest BCUT2D eigenvalue weighted by molar-refractivity contribution is 5.73. The molecule has 7 heteroatoms. The minimum atomic E-state index is -0.0751. The van der Waals surface area contributed by atoms with Gasteiger partial charge in [-0.1, -0.05) is 19.0 Å². The largest absolute Gasteiger partial charge is 0.379 e. The van der Waals surface area contributed by atoms with Crippen LogP contribution in [0.4, 0.5) is 4.79 Å².